The van der Waals surface area contributed by atoms with Crippen LogP contribution in [-0.2, 0) is 4.74 Å². The maximum atomic E-state index is 12.3. The van der Waals surface area contributed by atoms with E-state index in [4.69, 9.17) is 4.74 Å². The van der Waals surface area contributed by atoms with Crippen LogP contribution in [0.15, 0.2) is 42.5 Å². The van der Waals surface area contributed by atoms with E-state index in [0.29, 0.717) is 12.2 Å². The minimum absolute atomic E-state index is 0.251. The number of nitrogens with zero attached hydrogens (tertiary/aromatic N) is 1. The predicted molar refractivity (Wildman–Crippen MR) is 94.0 cm³/mol. The molecule has 1 heterocycles. The van der Waals surface area contributed by atoms with Gasteiger partial charge in [0.25, 0.3) is 0 Å². The molecule has 0 spiro atoms. The van der Waals surface area contributed by atoms with Gasteiger partial charge in [-0.25, -0.2) is 4.79 Å². The molecule has 0 radical (unpaired) electrons. The Morgan fingerprint density at radius 2 is 1.83 bits per heavy atom. The first kappa shape index (κ1) is 15.6. The zero-order chi connectivity index (χ0) is 16.2. The molecule has 120 valence electrons. The largest absolute Gasteiger partial charge is 0.462 e. The van der Waals surface area contributed by atoms with Crippen molar-refractivity contribution in [2.75, 3.05) is 24.6 Å². The van der Waals surface area contributed by atoms with E-state index in [1.165, 1.54) is 18.5 Å². The van der Waals surface area contributed by atoms with E-state index >= 15 is 0 Å². The van der Waals surface area contributed by atoms with Crippen molar-refractivity contribution in [3.05, 3.63) is 53.6 Å². The molecule has 2 aromatic rings. The van der Waals surface area contributed by atoms with Gasteiger partial charge in [-0.1, -0.05) is 24.3 Å². The first-order chi connectivity index (χ1) is 11.2. The molecule has 0 atom stereocenters. The Hall–Kier alpha value is -2.29. The topological polar surface area (TPSA) is 29.5 Å². The molecule has 3 nitrogen and oxygen atoms in total. The van der Waals surface area contributed by atoms with Crippen molar-refractivity contribution >= 4 is 11.7 Å². The fourth-order valence-electron chi connectivity index (χ4n) is 3.19. The minimum Gasteiger partial charge on any atom is -0.462 e. The smallest absolute Gasteiger partial charge is 0.338 e. The number of esters is 1. The average molecular weight is 309 g/mol. The Morgan fingerprint density at radius 1 is 1.09 bits per heavy atom. The van der Waals surface area contributed by atoms with Crippen LogP contribution < -0.4 is 4.90 Å². The maximum absolute atomic E-state index is 12.3. The van der Waals surface area contributed by atoms with Crippen molar-refractivity contribution < 1.29 is 9.53 Å². The van der Waals surface area contributed by atoms with Gasteiger partial charge in [0.05, 0.1) is 12.2 Å². The third-order valence-electron chi connectivity index (χ3n) is 4.40. The van der Waals surface area contributed by atoms with Gasteiger partial charge in [-0.05, 0) is 61.6 Å². The molecule has 1 aliphatic rings. The van der Waals surface area contributed by atoms with E-state index in [2.05, 4.69) is 30.0 Å². The number of aryl methyl sites for hydroxylation is 1. The van der Waals surface area contributed by atoms with E-state index in [9.17, 15) is 4.79 Å². The van der Waals surface area contributed by atoms with E-state index in [1.54, 1.807) is 0 Å². The van der Waals surface area contributed by atoms with Crippen molar-refractivity contribution in [2.45, 2.75) is 26.7 Å². The van der Waals surface area contributed by atoms with E-state index in [0.717, 1.165) is 29.8 Å². The Labute approximate surface area is 137 Å². The van der Waals surface area contributed by atoms with Crippen LogP contribution >= 0.6 is 0 Å². The van der Waals surface area contributed by atoms with Gasteiger partial charge in [-0.2, -0.15) is 0 Å². The van der Waals surface area contributed by atoms with Crippen molar-refractivity contribution in [1.29, 1.82) is 0 Å². The molecule has 1 fully saturated rings. The quantitative estimate of drug-likeness (QED) is 0.782. The van der Waals surface area contributed by atoms with Gasteiger partial charge in [0.2, 0.25) is 0 Å². The molecule has 0 bridgehead atoms. The summed E-state index contributed by atoms with van der Waals surface area (Å²) >= 11 is 0. The van der Waals surface area contributed by atoms with E-state index in [1.807, 2.05) is 31.2 Å². The van der Waals surface area contributed by atoms with Crippen LogP contribution in [-0.4, -0.2) is 25.7 Å². The van der Waals surface area contributed by atoms with Gasteiger partial charge in [0.1, 0.15) is 0 Å². The van der Waals surface area contributed by atoms with Crippen LogP contribution in [0.4, 0.5) is 5.69 Å². The summed E-state index contributed by atoms with van der Waals surface area (Å²) in [5, 5.41) is 0. The molecule has 3 rings (SSSR count). The van der Waals surface area contributed by atoms with Crippen molar-refractivity contribution in [2.24, 2.45) is 0 Å². The summed E-state index contributed by atoms with van der Waals surface area (Å²) in [5.74, 6) is -0.251. The van der Waals surface area contributed by atoms with Gasteiger partial charge in [-0.3, -0.25) is 0 Å². The summed E-state index contributed by atoms with van der Waals surface area (Å²) in [6, 6.07) is 14.3. The fraction of sp³-hybridized carbons (Fsp3) is 0.350. The first-order valence-corrected chi connectivity index (χ1v) is 8.33. The first-order valence-electron chi connectivity index (χ1n) is 8.33. The number of ether oxygens (including phenoxy) is 1. The van der Waals surface area contributed by atoms with Crippen LogP contribution in [0.25, 0.3) is 11.1 Å². The number of carbonyl (C=O) groups is 1. The van der Waals surface area contributed by atoms with Gasteiger partial charge >= 0.3 is 5.97 Å². The number of carbonyl (C=O) groups excluding carboxylic acids is 1. The fourth-order valence-corrected chi connectivity index (χ4v) is 3.19. The highest BCUT2D eigenvalue weighted by Crippen LogP contribution is 2.32. The summed E-state index contributed by atoms with van der Waals surface area (Å²) in [5.41, 5.74) is 5.05. The lowest BCUT2D eigenvalue weighted by atomic mass is 9.95. The van der Waals surface area contributed by atoms with Crippen LogP contribution in [0.2, 0.25) is 0 Å². The molecular weight excluding hydrogens is 286 g/mol. The van der Waals surface area contributed by atoms with Crippen LogP contribution in [0, 0.1) is 6.92 Å². The third-order valence-corrected chi connectivity index (χ3v) is 4.40. The molecule has 23 heavy (non-hydrogen) atoms. The highest BCUT2D eigenvalue weighted by atomic mass is 16.5. The molecule has 0 amide bonds. The number of benzene rings is 2. The lowest BCUT2D eigenvalue weighted by Gasteiger charge is -2.20. The molecule has 0 unspecified atom stereocenters. The second-order valence-electron chi connectivity index (χ2n) is 5.96. The molecule has 1 aliphatic heterocycles. The van der Waals surface area contributed by atoms with Crippen LogP contribution in [0.5, 0.6) is 0 Å². The minimum atomic E-state index is -0.251. The second kappa shape index (κ2) is 6.86. The van der Waals surface area contributed by atoms with Crippen LogP contribution in [0.1, 0.15) is 35.7 Å². The Kier molecular flexibility index (Phi) is 4.65. The second-order valence-corrected chi connectivity index (χ2v) is 5.96. The molecule has 0 N–H and O–H groups in total. The molecular formula is C20H23NO2. The summed E-state index contributed by atoms with van der Waals surface area (Å²) < 4.78 is 5.24. The molecule has 0 aromatic heterocycles. The Balaban J connectivity index is 2.09. The van der Waals surface area contributed by atoms with E-state index in [-0.39, 0.29) is 5.97 Å². The molecule has 1 saturated heterocycles. The summed E-state index contributed by atoms with van der Waals surface area (Å²) in [6.45, 7) is 6.48. The van der Waals surface area contributed by atoms with Crippen molar-refractivity contribution in [3.63, 3.8) is 0 Å². The van der Waals surface area contributed by atoms with Crippen molar-refractivity contribution in [3.8, 4) is 11.1 Å². The monoisotopic (exact) mass is 309 g/mol. The maximum Gasteiger partial charge on any atom is 0.338 e. The number of rotatable bonds is 4. The van der Waals surface area contributed by atoms with E-state index < -0.39 is 0 Å². The highest BCUT2D eigenvalue weighted by molar-refractivity contribution is 5.98. The average Bonchev–Trinajstić information content (AvgIpc) is 3.09. The summed E-state index contributed by atoms with van der Waals surface area (Å²) in [6.07, 6.45) is 2.47. The van der Waals surface area contributed by atoms with Crippen LogP contribution in [0.3, 0.4) is 0 Å². The Bertz CT molecular complexity index is 703. The molecule has 0 saturated carbocycles. The lowest BCUT2D eigenvalue weighted by Crippen LogP contribution is -2.18. The van der Waals surface area contributed by atoms with Gasteiger partial charge < -0.3 is 9.64 Å². The SMILES string of the molecule is CCOC(=O)c1ccc(N2CCCC2)cc1-c1ccccc1C. The predicted octanol–water partition coefficient (Wildman–Crippen LogP) is 4.44. The Morgan fingerprint density at radius 3 is 2.52 bits per heavy atom. The van der Waals surface area contributed by atoms with Gasteiger partial charge in [0.15, 0.2) is 0 Å². The molecule has 2 aromatic carbocycles. The third kappa shape index (κ3) is 3.24. The zero-order valence-corrected chi connectivity index (χ0v) is 13.8. The standard InChI is InChI=1S/C20H23NO2/c1-3-23-20(22)18-11-10-16(21-12-6-7-13-21)14-19(18)17-9-5-4-8-15(17)2/h4-5,8-11,14H,3,6-7,12-13H2,1-2H3. The zero-order valence-electron chi connectivity index (χ0n) is 13.8. The molecule has 0 aliphatic carbocycles. The van der Waals surface area contributed by atoms with Gasteiger partial charge in [0, 0.05) is 18.8 Å². The number of hydrogen-bond donors (Lipinski definition) is 0. The number of hydrogen-bond acceptors (Lipinski definition) is 3. The summed E-state index contributed by atoms with van der Waals surface area (Å²) in [4.78, 5) is 14.7. The normalized spacial score (nSPS) is 14.1. The lowest BCUT2D eigenvalue weighted by molar-refractivity contribution is 0.0527. The molecule has 3 heteroatoms. The number of anilines is 1. The highest BCUT2D eigenvalue weighted by Gasteiger charge is 2.19. The van der Waals surface area contributed by atoms with Crippen molar-refractivity contribution in [1.82, 2.24) is 0 Å². The van der Waals surface area contributed by atoms with Gasteiger partial charge in [-0.15, -0.1) is 0 Å². The summed E-state index contributed by atoms with van der Waals surface area (Å²) in [7, 11) is 0.